The van der Waals surface area contributed by atoms with Crippen LogP contribution in [0.25, 0.3) is 0 Å². The maximum atomic E-state index is 14.0. The third-order valence-corrected chi connectivity index (χ3v) is 3.49. The Bertz CT molecular complexity index is 562. The first-order chi connectivity index (χ1) is 10.1. The second-order valence-electron chi connectivity index (χ2n) is 6.66. The molecule has 0 saturated heterocycles. The second kappa shape index (κ2) is 6.90. The second-order valence-corrected chi connectivity index (χ2v) is 6.66. The summed E-state index contributed by atoms with van der Waals surface area (Å²) in [5.74, 6) is -1.94. The minimum absolute atomic E-state index is 0.0676. The minimum Gasteiger partial charge on any atom is -0.467 e. The summed E-state index contributed by atoms with van der Waals surface area (Å²) in [6, 6.07) is 3.65. The van der Waals surface area contributed by atoms with Gasteiger partial charge in [-0.05, 0) is 29.0 Å². The van der Waals surface area contributed by atoms with Crippen molar-refractivity contribution in [3.8, 4) is 0 Å². The number of halogens is 1. The monoisotopic (exact) mass is 309 g/mol. The largest absolute Gasteiger partial charge is 0.467 e. The third kappa shape index (κ3) is 4.29. The fourth-order valence-corrected chi connectivity index (χ4v) is 2.01. The van der Waals surface area contributed by atoms with Gasteiger partial charge in [-0.25, -0.2) is 9.18 Å². The van der Waals surface area contributed by atoms with Gasteiger partial charge in [0.25, 0.3) is 5.91 Å². The Morgan fingerprint density at radius 2 is 1.82 bits per heavy atom. The number of hydrogen-bond donors (Lipinski definition) is 1. The van der Waals surface area contributed by atoms with Crippen LogP contribution >= 0.6 is 0 Å². The zero-order valence-corrected chi connectivity index (χ0v) is 14.0. The van der Waals surface area contributed by atoms with Crippen LogP contribution in [0.1, 0.15) is 50.5 Å². The molecular weight excluding hydrogens is 285 g/mol. The van der Waals surface area contributed by atoms with Crippen molar-refractivity contribution in [1.29, 1.82) is 0 Å². The van der Waals surface area contributed by atoms with Gasteiger partial charge in [0.05, 0.1) is 12.7 Å². The fraction of sp³-hybridized carbons (Fsp3) is 0.529. The lowest BCUT2D eigenvalue weighted by Gasteiger charge is -2.22. The summed E-state index contributed by atoms with van der Waals surface area (Å²) in [5.41, 5.74) is 0.572. The molecule has 1 rings (SSSR count). The highest BCUT2D eigenvalue weighted by Crippen LogP contribution is 2.24. The Kier molecular flexibility index (Phi) is 5.69. The molecule has 0 unspecified atom stereocenters. The summed E-state index contributed by atoms with van der Waals surface area (Å²) in [7, 11) is 1.25. The van der Waals surface area contributed by atoms with Crippen molar-refractivity contribution >= 4 is 11.9 Å². The number of carbonyl (C=O) groups excluding carboxylic acids is 2. The van der Waals surface area contributed by atoms with Gasteiger partial charge < -0.3 is 10.1 Å². The van der Waals surface area contributed by atoms with Gasteiger partial charge in [0.1, 0.15) is 11.9 Å². The molecule has 0 bridgehead atoms. The lowest BCUT2D eigenvalue weighted by molar-refractivity contribution is -0.144. The summed E-state index contributed by atoms with van der Waals surface area (Å²) in [5, 5.41) is 2.55. The summed E-state index contributed by atoms with van der Waals surface area (Å²) in [6.07, 6.45) is 0. The van der Waals surface area contributed by atoms with Gasteiger partial charge in [0, 0.05) is 0 Å². The molecule has 122 valence electrons. The number of ether oxygens (including phenoxy) is 1. The number of benzene rings is 1. The van der Waals surface area contributed by atoms with E-state index in [4.69, 9.17) is 0 Å². The maximum absolute atomic E-state index is 14.0. The van der Waals surface area contributed by atoms with Crippen molar-refractivity contribution in [2.45, 2.75) is 46.1 Å². The molecule has 1 amide bonds. The highest BCUT2D eigenvalue weighted by molar-refractivity contribution is 5.97. The van der Waals surface area contributed by atoms with Gasteiger partial charge >= 0.3 is 5.97 Å². The van der Waals surface area contributed by atoms with Crippen LogP contribution in [0.15, 0.2) is 18.2 Å². The minimum atomic E-state index is -0.810. The predicted octanol–water partition coefficient (Wildman–Crippen LogP) is 3.05. The molecule has 0 aliphatic heterocycles. The van der Waals surface area contributed by atoms with Crippen LogP contribution in [0.3, 0.4) is 0 Å². The number of nitrogens with one attached hydrogen (secondary N) is 1. The van der Waals surface area contributed by atoms with Crippen LogP contribution in [0, 0.1) is 11.7 Å². The van der Waals surface area contributed by atoms with E-state index in [0.717, 1.165) is 5.56 Å². The topological polar surface area (TPSA) is 55.4 Å². The molecular formula is C17H24FNO3. The summed E-state index contributed by atoms with van der Waals surface area (Å²) in [6.45, 7) is 9.50. The van der Waals surface area contributed by atoms with Crippen LogP contribution in [0.4, 0.5) is 4.39 Å². The number of amides is 1. The standard InChI is InChI=1S/C17H24FNO3/c1-10(2)14(16(21)22-6)19-15(20)12-9-11(17(3,4)5)7-8-13(12)18/h7-10,14H,1-6H3,(H,19,20)/t14-/m1/s1. The van der Waals surface area contributed by atoms with Crippen molar-refractivity contribution in [2.75, 3.05) is 7.11 Å². The first kappa shape index (κ1) is 18.1. The molecule has 0 spiro atoms. The van der Waals surface area contributed by atoms with E-state index in [-0.39, 0.29) is 16.9 Å². The van der Waals surface area contributed by atoms with E-state index in [1.807, 2.05) is 20.8 Å². The number of esters is 1. The van der Waals surface area contributed by atoms with Gasteiger partial charge in [-0.15, -0.1) is 0 Å². The quantitative estimate of drug-likeness (QED) is 0.870. The SMILES string of the molecule is COC(=O)[C@H](NC(=O)c1cc(C(C)(C)C)ccc1F)C(C)C. The Balaban J connectivity index is 3.09. The molecule has 0 fully saturated rings. The average molecular weight is 309 g/mol. The summed E-state index contributed by atoms with van der Waals surface area (Å²) >= 11 is 0. The Morgan fingerprint density at radius 1 is 1.23 bits per heavy atom. The zero-order chi connectivity index (χ0) is 17.1. The molecule has 1 N–H and O–H groups in total. The lowest BCUT2D eigenvalue weighted by atomic mass is 9.86. The van der Waals surface area contributed by atoms with Gasteiger partial charge in [-0.1, -0.05) is 40.7 Å². The lowest BCUT2D eigenvalue weighted by Crippen LogP contribution is -2.45. The van der Waals surface area contributed by atoms with Gasteiger partial charge in [0.2, 0.25) is 0 Å². The number of rotatable bonds is 4. The Morgan fingerprint density at radius 3 is 2.27 bits per heavy atom. The van der Waals surface area contributed by atoms with E-state index in [2.05, 4.69) is 10.1 Å². The molecule has 0 saturated carbocycles. The van der Waals surface area contributed by atoms with E-state index < -0.39 is 23.7 Å². The molecule has 0 aromatic heterocycles. The molecule has 0 radical (unpaired) electrons. The van der Waals surface area contributed by atoms with Crippen LogP contribution < -0.4 is 5.32 Å². The zero-order valence-electron chi connectivity index (χ0n) is 14.0. The van der Waals surface area contributed by atoms with Crippen LogP contribution in [0.5, 0.6) is 0 Å². The Labute approximate surface area is 131 Å². The highest BCUT2D eigenvalue weighted by atomic mass is 19.1. The molecule has 0 aliphatic carbocycles. The number of carbonyl (C=O) groups is 2. The molecule has 0 aliphatic rings. The first-order valence-electron chi connectivity index (χ1n) is 7.26. The number of hydrogen-bond acceptors (Lipinski definition) is 3. The molecule has 0 heterocycles. The molecule has 4 nitrogen and oxygen atoms in total. The van der Waals surface area contributed by atoms with Crippen molar-refractivity contribution in [3.63, 3.8) is 0 Å². The van der Waals surface area contributed by atoms with E-state index in [9.17, 15) is 14.0 Å². The van der Waals surface area contributed by atoms with E-state index in [1.54, 1.807) is 19.9 Å². The van der Waals surface area contributed by atoms with Crippen molar-refractivity contribution in [2.24, 2.45) is 5.92 Å². The van der Waals surface area contributed by atoms with Crippen LogP contribution in [0.2, 0.25) is 0 Å². The van der Waals surface area contributed by atoms with Gasteiger partial charge in [-0.3, -0.25) is 4.79 Å². The van der Waals surface area contributed by atoms with Crippen molar-refractivity contribution in [3.05, 3.63) is 35.1 Å². The highest BCUT2D eigenvalue weighted by Gasteiger charge is 2.27. The molecule has 22 heavy (non-hydrogen) atoms. The van der Waals surface area contributed by atoms with E-state index in [0.29, 0.717) is 0 Å². The molecule has 1 aromatic carbocycles. The van der Waals surface area contributed by atoms with Gasteiger partial charge in [-0.2, -0.15) is 0 Å². The Hall–Kier alpha value is -1.91. The smallest absolute Gasteiger partial charge is 0.328 e. The van der Waals surface area contributed by atoms with E-state index >= 15 is 0 Å². The third-order valence-electron chi connectivity index (χ3n) is 3.49. The number of methoxy groups -OCH3 is 1. The maximum Gasteiger partial charge on any atom is 0.328 e. The molecule has 1 aromatic rings. The van der Waals surface area contributed by atoms with Crippen molar-refractivity contribution < 1.29 is 18.7 Å². The van der Waals surface area contributed by atoms with Crippen LogP contribution in [-0.4, -0.2) is 25.0 Å². The molecule has 5 heteroatoms. The van der Waals surface area contributed by atoms with Gasteiger partial charge in [0.15, 0.2) is 0 Å². The summed E-state index contributed by atoms with van der Waals surface area (Å²) in [4.78, 5) is 24.0. The molecule has 1 atom stereocenters. The van der Waals surface area contributed by atoms with Crippen LogP contribution in [-0.2, 0) is 14.9 Å². The summed E-state index contributed by atoms with van der Waals surface area (Å²) < 4.78 is 18.6. The fourth-order valence-electron chi connectivity index (χ4n) is 2.01. The predicted molar refractivity (Wildman–Crippen MR) is 83.2 cm³/mol. The van der Waals surface area contributed by atoms with E-state index in [1.165, 1.54) is 19.2 Å². The average Bonchev–Trinajstić information content (AvgIpc) is 2.42. The first-order valence-corrected chi connectivity index (χ1v) is 7.26. The normalized spacial score (nSPS) is 12.9. The van der Waals surface area contributed by atoms with Crippen molar-refractivity contribution in [1.82, 2.24) is 5.32 Å².